The summed E-state index contributed by atoms with van der Waals surface area (Å²) in [7, 11) is 0. The molecule has 5 nitrogen and oxygen atoms in total. The summed E-state index contributed by atoms with van der Waals surface area (Å²) in [4.78, 5) is 15.1. The van der Waals surface area contributed by atoms with Crippen LogP contribution in [0.5, 0.6) is 0 Å². The van der Waals surface area contributed by atoms with Gasteiger partial charge in [0.05, 0.1) is 0 Å². The van der Waals surface area contributed by atoms with Crippen LogP contribution in [0.2, 0.25) is 0 Å². The van der Waals surface area contributed by atoms with Crippen LogP contribution in [0.3, 0.4) is 0 Å². The van der Waals surface area contributed by atoms with E-state index in [1.807, 2.05) is 26.8 Å². The smallest absolute Gasteiger partial charge is 0.354 e. The minimum atomic E-state index is -0.999. The zero-order chi connectivity index (χ0) is 11.9. The summed E-state index contributed by atoms with van der Waals surface area (Å²) in [6.45, 7) is 6.09. The molecule has 1 N–H and O–H groups in total. The largest absolute Gasteiger partial charge is 0.477 e. The Bertz CT molecular complexity index is 552. The van der Waals surface area contributed by atoms with Gasteiger partial charge in [0, 0.05) is 0 Å². The van der Waals surface area contributed by atoms with Crippen molar-refractivity contribution in [2.24, 2.45) is 0 Å². The van der Waals surface area contributed by atoms with Crippen molar-refractivity contribution in [3.05, 3.63) is 29.7 Å². The number of aromatic carboxylic acids is 1. The molecule has 2 aromatic rings. The number of rotatable bonds is 1. The van der Waals surface area contributed by atoms with Crippen molar-refractivity contribution in [3.8, 4) is 0 Å². The predicted molar refractivity (Wildman–Crippen MR) is 58.6 cm³/mol. The van der Waals surface area contributed by atoms with Gasteiger partial charge in [0.2, 0.25) is 0 Å². The maximum absolute atomic E-state index is 11.1. The van der Waals surface area contributed by atoms with Crippen molar-refractivity contribution in [1.29, 1.82) is 0 Å². The Morgan fingerprint density at radius 3 is 2.62 bits per heavy atom. The van der Waals surface area contributed by atoms with Gasteiger partial charge in [0.15, 0.2) is 11.3 Å². The van der Waals surface area contributed by atoms with Gasteiger partial charge in [-0.15, -0.1) is 0 Å². The molecule has 0 spiro atoms. The van der Waals surface area contributed by atoms with Gasteiger partial charge in [-0.1, -0.05) is 20.8 Å². The van der Waals surface area contributed by atoms with Crippen LogP contribution >= 0.6 is 0 Å². The highest BCUT2D eigenvalue weighted by molar-refractivity contribution is 5.86. The molecule has 0 radical (unpaired) electrons. The van der Waals surface area contributed by atoms with Gasteiger partial charge in [-0.3, -0.25) is 0 Å². The van der Waals surface area contributed by atoms with Gasteiger partial charge in [-0.05, 0) is 23.1 Å². The van der Waals surface area contributed by atoms with Crippen LogP contribution < -0.4 is 0 Å². The summed E-state index contributed by atoms with van der Waals surface area (Å²) in [5, 5.41) is 13.0. The van der Waals surface area contributed by atoms with Crippen LogP contribution in [-0.4, -0.2) is 25.7 Å². The highest BCUT2D eigenvalue weighted by atomic mass is 16.4. The molecule has 0 aliphatic carbocycles. The van der Waals surface area contributed by atoms with Crippen LogP contribution in [0.25, 0.3) is 5.65 Å². The molecule has 0 unspecified atom stereocenters. The normalized spacial score (nSPS) is 11.9. The first kappa shape index (κ1) is 10.6. The Morgan fingerprint density at radius 2 is 2.06 bits per heavy atom. The second-order valence-corrected chi connectivity index (χ2v) is 4.71. The minimum Gasteiger partial charge on any atom is -0.477 e. The molecule has 2 rings (SSSR count). The number of carbonyl (C=O) groups is 1. The Morgan fingerprint density at radius 1 is 1.38 bits per heavy atom. The molecule has 2 aromatic heterocycles. The van der Waals surface area contributed by atoms with E-state index in [4.69, 9.17) is 5.11 Å². The molecule has 0 saturated carbocycles. The van der Waals surface area contributed by atoms with Gasteiger partial charge in [0.1, 0.15) is 6.33 Å². The summed E-state index contributed by atoms with van der Waals surface area (Å²) in [5.74, 6) is -0.999. The number of hydrogen-bond donors (Lipinski definition) is 1. The molecule has 84 valence electrons. The number of nitrogens with zero attached hydrogens (tertiary/aromatic N) is 3. The van der Waals surface area contributed by atoms with Crippen LogP contribution in [0.4, 0.5) is 0 Å². The quantitative estimate of drug-likeness (QED) is 0.793. The highest BCUT2D eigenvalue weighted by Crippen LogP contribution is 2.24. The number of aromatic nitrogens is 3. The Balaban J connectivity index is 2.76. The third-order valence-electron chi connectivity index (χ3n) is 2.46. The van der Waals surface area contributed by atoms with E-state index in [1.54, 1.807) is 6.07 Å². The summed E-state index contributed by atoms with van der Waals surface area (Å²) >= 11 is 0. The first-order valence-corrected chi connectivity index (χ1v) is 4.97. The van der Waals surface area contributed by atoms with E-state index in [1.165, 1.54) is 10.8 Å². The van der Waals surface area contributed by atoms with Gasteiger partial charge >= 0.3 is 5.97 Å². The van der Waals surface area contributed by atoms with Crippen LogP contribution in [0.1, 0.15) is 36.8 Å². The third-order valence-corrected chi connectivity index (χ3v) is 2.46. The fourth-order valence-electron chi connectivity index (χ4n) is 1.51. The first-order chi connectivity index (χ1) is 7.39. The van der Waals surface area contributed by atoms with Crippen molar-refractivity contribution in [1.82, 2.24) is 14.6 Å². The second kappa shape index (κ2) is 3.30. The maximum atomic E-state index is 11.1. The Kier molecular flexibility index (Phi) is 2.18. The van der Waals surface area contributed by atoms with Crippen molar-refractivity contribution in [3.63, 3.8) is 0 Å². The molecule has 0 atom stereocenters. The van der Waals surface area contributed by atoms with Gasteiger partial charge in [-0.25, -0.2) is 14.3 Å². The summed E-state index contributed by atoms with van der Waals surface area (Å²) in [6.07, 6.45) is 1.36. The molecule has 0 aromatic carbocycles. The minimum absolute atomic E-state index is 0.113. The van der Waals surface area contributed by atoms with E-state index in [-0.39, 0.29) is 11.1 Å². The van der Waals surface area contributed by atoms with E-state index >= 15 is 0 Å². The lowest BCUT2D eigenvalue weighted by Crippen LogP contribution is -2.15. The molecule has 0 aliphatic rings. The van der Waals surface area contributed by atoms with Crippen molar-refractivity contribution in [2.75, 3.05) is 0 Å². The molecule has 5 heteroatoms. The lowest BCUT2D eigenvalue weighted by atomic mass is 9.87. The lowest BCUT2D eigenvalue weighted by molar-refractivity contribution is 0.0687. The van der Waals surface area contributed by atoms with Gasteiger partial charge in [0.25, 0.3) is 0 Å². The third kappa shape index (κ3) is 1.64. The molecule has 0 fully saturated rings. The maximum Gasteiger partial charge on any atom is 0.354 e. The fraction of sp³-hybridized carbons (Fsp3) is 0.364. The van der Waals surface area contributed by atoms with Crippen LogP contribution in [0, 0.1) is 0 Å². The molecular weight excluding hydrogens is 206 g/mol. The molecule has 0 aliphatic heterocycles. The topological polar surface area (TPSA) is 67.5 Å². The molecule has 0 bridgehead atoms. The average Bonchev–Trinajstić information content (AvgIpc) is 2.61. The van der Waals surface area contributed by atoms with E-state index < -0.39 is 5.97 Å². The van der Waals surface area contributed by atoms with E-state index in [9.17, 15) is 4.79 Å². The second-order valence-electron chi connectivity index (χ2n) is 4.71. The number of fused-ring (bicyclic) bond motifs is 1. The van der Waals surface area contributed by atoms with Crippen molar-refractivity contribution in [2.45, 2.75) is 26.2 Å². The van der Waals surface area contributed by atoms with Crippen LogP contribution in [-0.2, 0) is 5.41 Å². The number of hydrogen-bond acceptors (Lipinski definition) is 3. The number of carboxylic acids is 1. The zero-order valence-electron chi connectivity index (χ0n) is 9.43. The van der Waals surface area contributed by atoms with Crippen LogP contribution in [0.15, 0.2) is 18.5 Å². The standard InChI is InChI=1S/C11H13N3O2/c1-11(2,3)7-4-8(10(15)16)14-9(5-7)12-6-13-14/h4-6H,1-3H3,(H,15,16). The van der Waals surface area contributed by atoms with Crippen molar-refractivity contribution >= 4 is 11.6 Å². The number of carboxylic acid groups (broad SMARTS) is 1. The lowest BCUT2D eigenvalue weighted by Gasteiger charge is -2.19. The van der Waals surface area contributed by atoms with Gasteiger partial charge in [-0.2, -0.15) is 5.10 Å². The highest BCUT2D eigenvalue weighted by Gasteiger charge is 2.19. The first-order valence-electron chi connectivity index (χ1n) is 4.97. The molecular formula is C11H13N3O2. The number of pyridine rings is 1. The van der Waals surface area contributed by atoms with Gasteiger partial charge < -0.3 is 5.11 Å². The molecule has 2 heterocycles. The van der Waals surface area contributed by atoms with E-state index in [2.05, 4.69) is 10.1 Å². The predicted octanol–water partition coefficient (Wildman–Crippen LogP) is 1.72. The Hall–Kier alpha value is -1.91. The molecule has 0 saturated heterocycles. The molecule has 0 amide bonds. The Labute approximate surface area is 92.7 Å². The molecule has 16 heavy (non-hydrogen) atoms. The summed E-state index contributed by atoms with van der Waals surface area (Å²) < 4.78 is 1.33. The SMILES string of the molecule is CC(C)(C)c1cc(C(=O)O)n2ncnc2c1. The van der Waals surface area contributed by atoms with E-state index in [0.29, 0.717) is 5.65 Å². The fourth-order valence-corrected chi connectivity index (χ4v) is 1.51. The summed E-state index contributed by atoms with van der Waals surface area (Å²) in [6, 6.07) is 3.50. The van der Waals surface area contributed by atoms with Crippen molar-refractivity contribution < 1.29 is 9.90 Å². The zero-order valence-corrected chi connectivity index (χ0v) is 9.43. The van der Waals surface area contributed by atoms with E-state index in [0.717, 1.165) is 5.56 Å². The average molecular weight is 219 g/mol. The monoisotopic (exact) mass is 219 g/mol. The summed E-state index contributed by atoms with van der Waals surface area (Å²) in [5.41, 5.74) is 1.52.